The maximum absolute atomic E-state index is 13.5. The Labute approximate surface area is 107 Å². The van der Waals surface area contributed by atoms with Crippen molar-refractivity contribution < 1.29 is 9.18 Å². The number of allylic oxidation sites excluding steroid dienone is 2. The summed E-state index contributed by atoms with van der Waals surface area (Å²) in [5, 5.41) is 0. The summed E-state index contributed by atoms with van der Waals surface area (Å²) in [7, 11) is 0. The molecule has 0 aliphatic carbocycles. The molecule has 0 spiro atoms. The Morgan fingerprint density at radius 3 is 2.62 bits per heavy atom. The second-order valence-corrected chi connectivity index (χ2v) is 8.45. The van der Waals surface area contributed by atoms with Crippen molar-refractivity contribution in [1.29, 1.82) is 0 Å². The van der Waals surface area contributed by atoms with E-state index in [1.165, 1.54) is 15.5 Å². The van der Waals surface area contributed by atoms with Gasteiger partial charge < -0.3 is 0 Å². The predicted octanol–water partition coefficient (Wildman–Crippen LogP) is 1.68. The fraction of sp³-hybridized carbons (Fsp3) is 0. The summed E-state index contributed by atoms with van der Waals surface area (Å²) in [6.45, 7) is 0. The molecule has 0 atom stereocenters. The zero-order valence-corrected chi connectivity index (χ0v) is 11.8. The molecule has 0 bridgehead atoms. The number of benzene rings is 1. The van der Waals surface area contributed by atoms with E-state index >= 15 is 0 Å². The third-order valence-electron chi connectivity index (χ3n) is 2.20. The predicted molar refractivity (Wildman–Crippen MR) is 68.4 cm³/mol. The Morgan fingerprint density at radius 1 is 1.38 bits per heavy atom. The summed E-state index contributed by atoms with van der Waals surface area (Å²) in [5.74, 6) is -1.29. The zero-order valence-electron chi connectivity index (χ0n) is 8.13. The van der Waals surface area contributed by atoms with Gasteiger partial charge in [-0.3, -0.25) is 0 Å². The molecule has 2 N–H and O–H groups in total. The first-order valence-electron chi connectivity index (χ1n) is 4.52. The molecular formula is C11H9BrFNOSe. The van der Waals surface area contributed by atoms with Crippen molar-refractivity contribution in [2.24, 2.45) is 5.73 Å². The fourth-order valence-electron chi connectivity index (χ4n) is 1.42. The summed E-state index contributed by atoms with van der Waals surface area (Å²) in [6, 6.07) is 4.54. The molecule has 1 amide bonds. The number of hydrogen-bond donors (Lipinski definition) is 1. The first-order chi connectivity index (χ1) is 7.58. The van der Waals surface area contributed by atoms with Crippen LogP contribution in [-0.4, -0.2) is 20.9 Å². The monoisotopic (exact) mass is 349 g/mol. The molecule has 84 valence electrons. The van der Waals surface area contributed by atoms with Crippen LogP contribution in [0.4, 0.5) is 4.39 Å². The van der Waals surface area contributed by atoms with Crippen LogP contribution in [0.15, 0.2) is 33.7 Å². The molecule has 0 aromatic heterocycles. The molecule has 1 aliphatic heterocycles. The Bertz CT molecular complexity index is 525. The van der Waals surface area contributed by atoms with Gasteiger partial charge in [0.2, 0.25) is 0 Å². The molecule has 0 unspecified atom stereocenters. The van der Waals surface area contributed by atoms with Crippen molar-refractivity contribution in [2.45, 2.75) is 0 Å². The van der Waals surface area contributed by atoms with Crippen LogP contribution < -0.4 is 5.73 Å². The van der Waals surface area contributed by atoms with Gasteiger partial charge in [0.15, 0.2) is 0 Å². The molecule has 2 nitrogen and oxygen atoms in total. The SMILES string of the molecule is NC(=O)c1ccc(C2=CC=C(Br)[SeH2]2)cc1F. The van der Waals surface area contributed by atoms with Gasteiger partial charge in [0.05, 0.1) is 0 Å². The Balaban J connectivity index is 2.33. The molecular weight excluding hydrogens is 340 g/mol. The van der Waals surface area contributed by atoms with E-state index in [4.69, 9.17) is 5.73 Å². The van der Waals surface area contributed by atoms with Gasteiger partial charge in [-0.1, -0.05) is 0 Å². The maximum atomic E-state index is 13.5. The van der Waals surface area contributed by atoms with Gasteiger partial charge in [0, 0.05) is 0 Å². The number of carbonyl (C=O) groups is 1. The van der Waals surface area contributed by atoms with Crippen LogP contribution in [0.3, 0.4) is 0 Å². The topological polar surface area (TPSA) is 43.1 Å². The van der Waals surface area contributed by atoms with E-state index in [0.717, 1.165) is 10.0 Å². The van der Waals surface area contributed by atoms with Crippen LogP contribution in [-0.2, 0) is 0 Å². The second-order valence-electron chi connectivity index (χ2n) is 3.28. The second kappa shape index (κ2) is 4.53. The van der Waals surface area contributed by atoms with E-state index in [-0.39, 0.29) is 20.5 Å². The molecule has 1 aliphatic rings. The van der Waals surface area contributed by atoms with Crippen molar-refractivity contribution in [3.63, 3.8) is 0 Å². The molecule has 0 radical (unpaired) electrons. The molecule has 1 heterocycles. The first-order valence-corrected chi connectivity index (χ1v) is 7.41. The number of primary amides is 1. The van der Waals surface area contributed by atoms with Gasteiger partial charge in [-0.05, 0) is 0 Å². The van der Waals surface area contributed by atoms with E-state index in [1.807, 2.05) is 12.2 Å². The molecule has 5 heteroatoms. The average molecular weight is 349 g/mol. The summed E-state index contributed by atoms with van der Waals surface area (Å²) in [6.07, 6.45) is 3.96. The van der Waals surface area contributed by atoms with Crippen LogP contribution in [0, 0.1) is 5.82 Å². The minimum atomic E-state index is -0.736. The van der Waals surface area contributed by atoms with Gasteiger partial charge in [0.1, 0.15) is 0 Å². The normalized spacial score (nSPS) is 17.1. The van der Waals surface area contributed by atoms with Gasteiger partial charge in [-0.25, -0.2) is 0 Å². The number of amides is 1. The molecule has 2 rings (SSSR count). The summed E-state index contributed by atoms with van der Waals surface area (Å²) in [4.78, 5) is 10.9. The molecule has 16 heavy (non-hydrogen) atoms. The molecule has 0 saturated heterocycles. The standard InChI is InChI=1S/C11H9BrFNOSe/c12-10-4-3-9(16-10)6-1-2-7(11(14)15)8(13)5-6/h1-5H,16H2,(H2,14,15). The van der Waals surface area contributed by atoms with E-state index in [9.17, 15) is 9.18 Å². The van der Waals surface area contributed by atoms with Crippen LogP contribution in [0.1, 0.15) is 15.9 Å². The Morgan fingerprint density at radius 2 is 2.12 bits per heavy atom. The number of halogens is 2. The quantitative estimate of drug-likeness (QED) is 0.812. The summed E-state index contributed by atoms with van der Waals surface area (Å²) >= 11 is 3.05. The van der Waals surface area contributed by atoms with Gasteiger partial charge in [-0.2, -0.15) is 0 Å². The van der Waals surface area contributed by atoms with Crippen LogP contribution in [0.2, 0.25) is 0 Å². The third kappa shape index (κ3) is 2.26. The number of hydrogen-bond acceptors (Lipinski definition) is 1. The van der Waals surface area contributed by atoms with Crippen molar-refractivity contribution >= 4 is 41.3 Å². The summed E-state index contributed by atoms with van der Waals surface area (Å²) < 4.78 is 15.8. The van der Waals surface area contributed by atoms with Crippen LogP contribution >= 0.6 is 15.9 Å². The van der Waals surface area contributed by atoms with Crippen molar-refractivity contribution in [1.82, 2.24) is 0 Å². The van der Waals surface area contributed by atoms with Gasteiger partial charge >= 0.3 is 107 Å². The van der Waals surface area contributed by atoms with Crippen LogP contribution in [0.5, 0.6) is 0 Å². The molecule has 0 fully saturated rings. The average Bonchev–Trinajstić information content (AvgIpc) is 2.64. The minimum absolute atomic E-state index is 0.0608. The third-order valence-corrected chi connectivity index (χ3v) is 5.86. The number of rotatable bonds is 2. The van der Waals surface area contributed by atoms with E-state index in [2.05, 4.69) is 15.9 Å². The zero-order chi connectivity index (χ0) is 11.7. The van der Waals surface area contributed by atoms with Crippen LogP contribution in [0.25, 0.3) is 4.47 Å². The number of carbonyl (C=O) groups excluding carboxylic acids is 1. The molecule has 0 saturated carbocycles. The number of nitrogens with two attached hydrogens (primary N) is 1. The summed E-state index contributed by atoms with van der Waals surface area (Å²) in [5.41, 5.74) is 5.80. The van der Waals surface area contributed by atoms with Crippen molar-refractivity contribution in [3.8, 4) is 0 Å². The first kappa shape index (κ1) is 11.6. The van der Waals surface area contributed by atoms with E-state index in [0.29, 0.717) is 0 Å². The molecule has 1 aromatic carbocycles. The van der Waals surface area contributed by atoms with Crippen molar-refractivity contribution in [3.05, 3.63) is 50.7 Å². The fourth-order valence-corrected chi connectivity index (χ4v) is 4.53. The Hall–Kier alpha value is -0.901. The Kier molecular flexibility index (Phi) is 3.28. The van der Waals surface area contributed by atoms with Crippen molar-refractivity contribution in [2.75, 3.05) is 0 Å². The van der Waals surface area contributed by atoms with Gasteiger partial charge in [-0.15, -0.1) is 0 Å². The van der Waals surface area contributed by atoms with E-state index < -0.39 is 11.7 Å². The van der Waals surface area contributed by atoms with E-state index in [1.54, 1.807) is 6.07 Å². The molecule has 1 aromatic rings. The van der Waals surface area contributed by atoms with Gasteiger partial charge in [0.25, 0.3) is 0 Å².